The Bertz CT molecular complexity index is 289. The molecule has 0 aromatic heterocycles. The van der Waals surface area contributed by atoms with Gasteiger partial charge in [-0.25, -0.2) is 0 Å². The lowest BCUT2D eigenvalue weighted by Crippen LogP contribution is -2.19. The molecule has 0 aliphatic heterocycles. The molecule has 0 saturated heterocycles. The second-order valence-electron chi connectivity index (χ2n) is 3.73. The van der Waals surface area contributed by atoms with Gasteiger partial charge in [-0.15, -0.1) is 11.6 Å². The minimum atomic E-state index is 0.750. The number of rotatable bonds is 6. The van der Waals surface area contributed by atoms with Gasteiger partial charge in [-0.1, -0.05) is 29.8 Å². The number of nitrogens with zero attached hydrogens (tertiary/aromatic N) is 1. The van der Waals surface area contributed by atoms with Gasteiger partial charge in [-0.2, -0.15) is 0 Å². The highest BCUT2D eigenvalue weighted by Gasteiger charge is 2.02. The molecule has 0 radical (unpaired) electrons. The Morgan fingerprint density at radius 2 is 1.93 bits per heavy atom. The lowest BCUT2D eigenvalue weighted by molar-refractivity contribution is 0.321. The number of unbranched alkanes of at least 4 members (excludes halogenated alkanes) is 1. The summed E-state index contributed by atoms with van der Waals surface area (Å²) in [6.07, 6.45) is 2.22. The van der Waals surface area contributed by atoms with Crippen LogP contribution in [0.3, 0.4) is 0 Å². The topological polar surface area (TPSA) is 3.24 Å². The van der Waals surface area contributed by atoms with Crippen molar-refractivity contribution in [3.8, 4) is 0 Å². The molecule has 0 N–H and O–H groups in total. The zero-order chi connectivity index (χ0) is 11.1. The Labute approximate surface area is 102 Å². The molecule has 0 unspecified atom stereocenters. The van der Waals surface area contributed by atoms with Crippen LogP contribution in [0.2, 0.25) is 5.02 Å². The molecule has 0 saturated carbocycles. The van der Waals surface area contributed by atoms with Gasteiger partial charge in [0, 0.05) is 17.4 Å². The summed E-state index contributed by atoms with van der Waals surface area (Å²) in [6, 6.07) is 7.98. The highest BCUT2D eigenvalue weighted by Crippen LogP contribution is 2.16. The molecule has 1 nitrogen and oxygen atoms in total. The van der Waals surface area contributed by atoms with Crippen LogP contribution in [0.5, 0.6) is 0 Å². The maximum atomic E-state index is 6.08. The van der Waals surface area contributed by atoms with E-state index in [4.69, 9.17) is 23.2 Å². The van der Waals surface area contributed by atoms with Gasteiger partial charge in [0.25, 0.3) is 0 Å². The van der Waals surface area contributed by atoms with Gasteiger partial charge in [-0.3, -0.25) is 0 Å². The predicted molar refractivity (Wildman–Crippen MR) is 67.7 cm³/mol. The van der Waals surface area contributed by atoms with E-state index in [-0.39, 0.29) is 0 Å². The van der Waals surface area contributed by atoms with Crippen molar-refractivity contribution in [2.24, 2.45) is 0 Å². The van der Waals surface area contributed by atoms with E-state index in [2.05, 4.69) is 18.0 Å². The summed E-state index contributed by atoms with van der Waals surface area (Å²) in [7, 11) is 2.11. The Balaban J connectivity index is 2.37. The zero-order valence-electron chi connectivity index (χ0n) is 9.05. The lowest BCUT2D eigenvalue weighted by Gasteiger charge is -2.16. The van der Waals surface area contributed by atoms with E-state index < -0.39 is 0 Å². The van der Waals surface area contributed by atoms with Gasteiger partial charge < -0.3 is 4.90 Å². The summed E-state index contributed by atoms with van der Waals surface area (Å²) in [6.45, 7) is 1.97. The zero-order valence-corrected chi connectivity index (χ0v) is 10.6. The SMILES string of the molecule is CN(CCCCCl)Cc1ccccc1Cl. The third kappa shape index (κ3) is 4.87. The molecule has 1 aromatic rings. The molecule has 1 aromatic carbocycles. The van der Waals surface area contributed by atoms with Crippen LogP contribution in [-0.2, 0) is 6.54 Å². The molecule has 0 aliphatic carbocycles. The van der Waals surface area contributed by atoms with Crippen molar-refractivity contribution >= 4 is 23.2 Å². The maximum Gasteiger partial charge on any atom is 0.0451 e. The van der Waals surface area contributed by atoms with Crippen LogP contribution < -0.4 is 0 Å². The van der Waals surface area contributed by atoms with Gasteiger partial charge in [0.15, 0.2) is 0 Å². The minimum absolute atomic E-state index is 0.750. The van der Waals surface area contributed by atoms with E-state index >= 15 is 0 Å². The van der Waals surface area contributed by atoms with Crippen LogP contribution in [-0.4, -0.2) is 24.4 Å². The van der Waals surface area contributed by atoms with Crippen molar-refractivity contribution in [3.05, 3.63) is 34.9 Å². The van der Waals surface area contributed by atoms with Gasteiger partial charge in [-0.05, 0) is 38.1 Å². The summed E-state index contributed by atoms with van der Waals surface area (Å²) in [5.74, 6) is 0.750. The standard InChI is InChI=1S/C12H17Cl2N/c1-15(9-5-4-8-13)10-11-6-2-3-7-12(11)14/h2-3,6-7H,4-5,8-10H2,1H3. The molecular weight excluding hydrogens is 229 g/mol. The number of halogens is 2. The summed E-state index contributed by atoms with van der Waals surface area (Å²) < 4.78 is 0. The molecule has 0 aliphatic rings. The third-order valence-electron chi connectivity index (χ3n) is 2.32. The van der Waals surface area contributed by atoms with Gasteiger partial charge in [0.2, 0.25) is 0 Å². The van der Waals surface area contributed by atoms with Crippen molar-refractivity contribution in [2.75, 3.05) is 19.5 Å². The van der Waals surface area contributed by atoms with Crippen molar-refractivity contribution in [1.29, 1.82) is 0 Å². The molecule has 1 rings (SSSR count). The first-order valence-electron chi connectivity index (χ1n) is 5.22. The number of benzene rings is 1. The second-order valence-corrected chi connectivity index (χ2v) is 4.51. The van der Waals surface area contributed by atoms with Crippen LogP contribution in [0, 0.1) is 0 Å². The lowest BCUT2D eigenvalue weighted by atomic mass is 10.2. The van der Waals surface area contributed by atoms with Gasteiger partial charge >= 0.3 is 0 Å². The molecule has 15 heavy (non-hydrogen) atoms. The van der Waals surface area contributed by atoms with Gasteiger partial charge in [0.05, 0.1) is 0 Å². The molecule has 0 bridgehead atoms. The van der Waals surface area contributed by atoms with Crippen molar-refractivity contribution in [3.63, 3.8) is 0 Å². The normalized spacial score (nSPS) is 10.9. The first-order valence-corrected chi connectivity index (χ1v) is 6.13. The fourth-order valence-corrected chi connectivity index (χ4v) is 1.86. The highest BCUT2D eigenvalue weighted by atomic mass is 35.5. The molecule has 0 amide bonds. The first kappa shape index (κ1) is 12.8. The Hall–Kier alpha value is -0.240. The fourth-order valence-electron chi connectivity index (χ4n) is 1.47. The van der Waals surface area contributed by atoms with Crippen LogP contribution in [0.15, 0.2) is 24.3 Å². The average Bonchev–Trinajstić information content (AvgIpc) is 2.22. The monoisotopic (exact) mass is 245 g/mol. The first-order chi connectivity index (χ1) is 7.24. The smallest absolute Gasteiger partial charge is 0.0451 e. The van der Waals surface area contributed by atoms with Crippen molar-refractivity contribution in [1.82, 2.24) is 4.90 Å². The largest absolute Gasteiger partial charge is 0.302 e. The molecule has 0 spiro atoms. The third-order valence-corrected chi connectivity index (χ3v) is 2.96. The Morgan fingerprint density at radius 1 is 1.20 bits per heavy atom. The van der Waals surface area contributed by atoms with E-state index in [1.807, 2.05) is 18.2 Å². The quantitative estimate of drug-likeness (QED) is 0.545. The van der Waals surface area contributed by atoms with Crippen LogP contribution in [0.25, 0.3) is 0 Å². The van der Waals surface area contributed by atoms with Crippen molar-refractivity contribution in [2.45, 2.75) is 19.4 Å². The Kier molecular flexibility index (Phi) is 6.07. The molecule has 3 heteroatoms. The fraction of sp³-hybridized carbons (Fsp3) is 0.500. The molecule has 0 atom stereocenters. The molecule has 0 fully saturated rings. The average molecular weight is 246 g/mol. The van der Waals surface area contributed by atoms with Gasteiger partial charge in [0.1, 0.15) is 0 Å². The summed E-state index contributed by atoms with van der Waals surface area (Å²) in [5.41, 5.74) is 1.19. The summed E-state index contributed by atoms with van der Waals surface area (Å²) >= 11 is 11.7. The van der Waals surface area contributed by atoms with Crippen LogP contribution >= 0.6 is 23.2 Å². The minimum Gasteiger partial charge on any atom is -0.302 e. The molecule has 84 valence electrons. The Morgan fingerprint density at radius 3 is 2.60 bits per heavy atom. The number of hydrogen-bond acceptors (Lipinski definition) is 1. The predicted octanol–water partition coefficient (Wildman–Crippen LogP) is 3.79. The van der Waals surface area contributed by atoms with Crippen LogP contribution in [0.1, 0.15) is 18.4 Å². The maximum absolute atomic E-state index is 6.08. The number of alkyl halides is 1. The number of hydrogen-bond donors (Lipinski definition) is 0. The molecule has 0 heterocycles. The summed E-state index contributed by atoms with van der Waals surface area (Å²) in [5, 5.41) is 0.849. The van der Waals surface area contributed by atoms with Crippen LogP contribution in [0.4, 0.5) is 0 Å². The summed E-state index contributed by atoms with van der Waals surface area (Å²) in [4.78, 5) is 2.27. The van der Waals surface area contributed by atoms with Crippen molar-refractivity contribution < 1.29 is 0 Å². The van der Waals surface area contributed by atoms with E-state index in [0.717, 1.165) is 36.8 Å². The highest BCUT2D eigenvalue weighted by molar-refractivity contribution is 6.31. The second kappa shape index (κ2) is 7.10. The molecular formula is C12H17Cl2N. The van der Waals surface area contributed by atoms with E-state index in [9.17, 15) is 0 Å². The van der Waals surface area contributed by atoms with E-state index in [1.54, 1.807) is 0 Å². The van der Waals surface area contributed by atoms with E-state index in [1.165, 1.54) is 5.56 Å². The van der Waals surface area contributed by atoms with E-state index in [0.29, 0.717) is 0 Å².